The first-order chi connectivity index (χ1) is 6.62. The molecule has 0 bridgehead atoms. The molecule has 0 aliphatic heterocycles. The Morgan fingerprint density at radius 2 is 1.36 bits per heavy atom. The molecule has 0 aromatic carbocycles. The van der Waals surface area contributed by atoms with E-state index in [0.717, 1.165) is 30.7 Å². The molecule has 0 heterocycles. The van der Waals surface area contributed by atoms with Crippen molar-refractivity contribution in [2.45, 2.75) is 53.4 Å². The largest absolute Gasteiger partial charge is 0.0889 e. The van der Waals surface area contributed by atoms with Crippen LogP contribution in [0.2, 0.25) is 0 Å². The summed E-state index contributed by atoms with van der Waals surface area (Å²) < 4.78 is 1.45. The Bertz CT molecular complexity index is 213. The van der Waals surface area contributed by atoms with Crippen molar-refractivity contribution in [3.8, 4) is 0 Å². The fourth-order valence-corrected chi connectivity index (χ4v) is 2.52. The monoisotopic (exact) mass is 326 g/mol. The van der Waals surface area contributed by atoms with Crippen molar-refractivity contribution in [1.82, 2.24) is 0 Å². The molecule has 0 radical (unpaired) electrons. The molecule has 0 nitrogen and oxygen atoms in total. The Balaban J connectivity index is 5.19. The van der Waals surface area contributed by atoms with Crippen LogP contribution >= 0.6 is 34.2 Å². The minimum Gasteiger partial charge on any atom is -0.0889 e. The molecule has 0 aromatic heterocycles. The van der Waals surface area contributed by atoms with Crippen LogP contribution in [0.3, 0.4) is 0 Å². The van der Waals surface area contributed by atoms with Gasteiger partial charge >= 0.3 is 0 Å². The molecule has 82 valence electrons. The van der Waals surface area contributed by atoms with E-state index < -0.39 is 0 Å². The Morgan fingerprint density at radius 1 is 0.857 bits per heavy atom. The number of hydrogen-bond acceptors (Lipinski definition) is 0. The lowest BCUT2D eigenvalue weighted by Gasteiger charge is -2.13. The third-order valence-corrected chi connectivity index (χ3v) is 4.26. The number of halogens is 2. The maximum absolute atomic E-state index is 6.25. The summed E-state index contributed by atoms with van der Waals surface area (Å²) in [5, 5.41) is 1.03. The van der Waals surface area contributed by atoms with Crippen LogP contribution < -0.4 is 0 Å². The van der Waals surface area contributed by atoms with Crippen molar-refractivity contribution < 1.29 is 0 Å². The number of allylic oxidation sites excluding steroid dienone is 4. The Kier molecular flexibility index (Phi) is 8.02. The van der Waals surface area contributed by atoms with E-state index >= 15 is 0 Å². The molecule has 0 aromatic rings. The van der Waals surface area contributed by atoms with Gasteiger partial charge < -0.3 is 0 Å². The van der Waals surface area contributed by atoms with Gasteiger partial charge in [0.05, 0.1) is 0 Å². The lowest BCUT2D eigenvalue weighted by atomic mass is 9.99. The molecule has 2 heteroatoms. The first kappa shape index (κ1) is 14.5. The highest BCUT2D eigenvalue weighted by Crippen LogP contribution is 2.31. The van der Waals surface area contributed by atoms with Gasteiger partial charge in [-0.1, -0.05) is 39.3 Å². The highest BCUT2D eigenvalue weighted by atomic mass is 127. The van der Waals surface area contributed by atoms with Gasteiger partial charge in [0.25, 0.3) is 0 Å². The van der Waals surface area contributed by atoms with Crippen LogP contribution in [0.25, 0.3) is 0 Å². The molecule has 0 fully saturated rings. The molecular weight excluding hydrogens is 306 g/mol. The summed E-state index contributed by atoms with van der Waals surface area (Å²) in [6.07, 6.45) is 4.19. The summed E-state index contributed by atoms with van der Waals surface area (Å²) in [5.74, 6) is 0. The molecule has 0 aliphatic carbocycles. The predicted octanol–water partition coefficient (Wildman–Crippen LogP) is 5.81. The first-order valence-electron chi connectivity index (χ1n) is 5.37. The van der Waals surface area contributed by atoms with Crippen LogP contribution in [-0.2, 0) is 0 Å². The van der Waals surface area contributed by atoms with Crippen molar-refractivity contribution in [3.05, 3.63) is 19.8 Å². The molecule has 14 heavy (non-hydrogen) atoms. The standard InChI is InChI=1S/C12H20ClI/c1-5-9(11(13)7-3)10(6-2)12(14)8-4/h5-8H2,1-4H3/b11-9-,12-10-. The molecule has 0 saturated carbocycles. The van der Waals surface area contributed by atoms with Crippen molar-refractivity contribution in [1.29, 1.82) is 0 Å². The van der Waals surface area contributed by atoms with Crippen LogP contribution in [-0.4, -0.2) is 0 Å². The van der Waals surface area contributed by atoms with Gasteiger partial charge in [-0.05, 0) is 63.0 Å². The summed E-state index contributed by atoms with van der Waals surface area (Å²) in [6, 6.07) is 0. The third-order valence-electron chi connectivity index (χ3n) is 2.35. The molecule has 0 unspecified atom stereocenters. The van der Waals surface area contributed by atoms with Crippen molar-refractivity contribution in [2.75, 3.05) is 0 Å². The highest BCUT2D eigenvalue weighted by Gasteiger charge is 2.09. The fourth-order valence-electron chi connectivity index (χ4n) is 1.56. The Morgan fingerprint density at radius 3 is 1.64 bits per heavy atom. The van der Waals surface area contributed by atoms with Crippen molar-refractivity contribution >= 4 is 34.2 Å². The molecule has 0 rings (SSSR count). The van der Waals surface area contributed by atoms with Crippen LogP contribution in [0.5, 0.6) is 0 Å². The Hall–Kier alpha value is 0.500. The van der Waals surface area contributed by atoms with E-state index in [2.05, 4.69) is 50.3 Å². The number of rotatable bonds is 5. The predicted molar refractivity (Wildman–Crippen MR) is 75.1 cm³/mol. The second-order valence-electron chi connectivity index (χ2n) is 3.18. The van der Waals surface area contributed by atoms with Gasteiger partial charge in [0.1, 0.15) is 0 Å². The zero-order valence-corrected chi connectivity index (χ0v) is 12.5. The highest BCUT2D eigenvalue weighted by molar-refractivity contribution is 14.1. The molecular formula is C12H20ClI. The average Bonchev–Trinajstić information content (AvgIpc) is 2.23. The van der Waals surface area contributed by atoms with E-state index in [-0.39, 0.29) is 0 Å². The lowest BCUT2D eigenvalue weighted by Crippen LogP contribution is -1.93. The second kappa shape index (κ2) is 7.75. The quantitative estimate of drug-likeness (QED) is 0.442. The second-order valence-corrected chi connectivity index (χ2v) is 4.94. The van der Waals surface area contributed by atoms with Crippen molar-refractivity contribution in [3.63, 3.8) is 0 Å². The van der Waals surface area contributed by atoms with Gasteiger partial charge in [-0.15, -0.1) is 0 Å². The van der Waals surface area contributed by atoms with E-state index in [4.69, 9.17) is 11.6 Å². The van der Waals surface area contributed by atoms with Gasteiger partial charge in [0.2, 0.25) is 0 Å². The van der Waals surface area contributed by atoms with Gasteiger partial charge in [0.15, 0.2) is 0 Å². The summed E-state index contributed by atoms with van der Waals surface area (Å²) in [6.45, 7) is 8.70. The lowest BCUT2D eigenvalue weighted by molar-refractivity contribution is 0.974. The molecule has 0 aliphatic rings. The summed E-state index contributed by atoms with van der Waals surface area (Å²) in [7, 11) is 0. The zero-order valence-electron chi connectivity index (χ0n) is 9.58. The van der Waals surface area contributed by atoms with Gasteiger partial charge in [-0.25, -0.2) is 0 Å². The van der Waals surface area contributed by atoms with Crippen molar-refractivity contribution in [2.24, 2.45) is 0 Å². The maximum atomic E-state index is 6.25. The molecule has 0 spiro atoms. The molecule has 0 N–H and O–H groups in total. The minimum atomic E-state index is 0.946. The molecule has 0 saturated heterocycles. The van der Waals surface area contributed by atoms with Crippen LogP contribution in [0.4, 0.5) is 0 Å². The van der Waals surface area contributed by atoms with E-state index in [1.54, 1.807) is 0 Å². The summed E-state index contributed by atoms with van der Waals surface area (Å²) in [4.78, 5) is 0. The SMILES string of the molecule is CC/C(Cl)=C(CC)/C(CC)=C(\I)CC. The third kappa shape index (κ3) is 3.93. The van der Waals surface area contributed by atoms with Crippen LogP contribution in [0, 0.1) is 0 Å². The van der Waals surface area contributed by atoms with E-state index in [1.165, 1.54) is 14.7 Å². The minimum absolute atomic E-state index is 0.946. The smallest absolute Gasteiger partial charge is 0.0213 e. The van der Waals surface area contributed by atoms with Gasteiger partial charge in [-0.3, -0.25) is 0 Å². The topological polar surface area (TPSA) is 0 Å². The van der Waals surface area contributed by atoms with Crippen LogP contribution in [0.1, 0.15) is 53.4 Å². The zero-order chi connectivity index (χ0) is 11.1. The average molecular weight is 327 g/mol. The van der Waals surface area contributed by atoms with Crippen LogP contribution in [0.15, 0.2) is 19.8 Å². The number of hydrogen-bond donors (Lipinski definition) is 0. The van der Waals surface area contributed by atoms with E-state index in [1.807, 2.05) is 0 Å². The normalized spacial score (nSPS) is 15.0. The first-order valence-corrected chi connectivity index (χ1v) is 6.83. The summed E-state index contributed by atoms with van der Waals surface area (Å²) in [5.41, 5.74) is 2.82. The van der Waals surface area contributed by atoms with E-state index in [0.29, 0.717) is 0 Å². The van der Waals surface area contributed by atoms with Gasteiger partial charge in [0, 0.05) is 5.03 Å². The molecule has 0 atom stereocenters. The maximum Gasteiger partial charge on any atom is 0.0213 e. The Labute approximate surface area is 107 Å². The summed E-state index contributed by atoms with van der Waals surface area (Å²) >= 11 is 8.69. The van der Waals surface area contributed by atoms with E-state index in [9.17, 15) is 0 Å². The van der Waals surface area contributed by atoms with Gasteiger partial charge in [-0.2, -0.15) is 0 Å². The molecule has 0 amide bonds. The fraction of sp³-hybridized carbons (Fsp3) is 0.667.